The van der Waals surface area contributed by atoms with E-state index < -0.39 is 0 Å². The van der Waals surface area contributed by atoms with Crippen molar-refractivity contribution in [3.63, 3.8) is 0 Å². The van der Waals surface area contributed by atoms with Gasteiger partial charge in [0.1, 0.15) is 11.8 Å². The molecular formula is C33H38N4O3. The molecule has 3 aromatic rings. The number of methoxy groups -OCH3 is 1. The van der Waals surface area contributed by atoms with Gasteiger partial charge in [-0.25, -0.2) is 0 Å². The fourth-order valence-corrected chi connectivity index (χ4v) is 8.76. The summed E-state index contributed by atoms with van der Waals surface area (Å²) in [4.78, 5) is 24.7. The second kappa shape index (κ2) is 8.85. The monoisotopic (exact) mass is 538 g/mol. The van der Waals surface area contributed by atoms with Crippen molar-refractivity contribution in [3.05, 3.63) is 81.7 Å². The number of hydrogen-bond acceptors (Lipinski definition) is 5. The molecule has 40 heavy (non-hydrogen) atoms. The number of hydrogen-bond donors (Lipinski definition) is 1. The Balaban J connectivity index is 1.11. The van der Waals surface area contributed by atoms with E-state index >= 15 is 0 Å². The highest BCUT2D eigenvalue weighted by molar-refractivity contribution is 5.94. The predicted octanol–water partition coefficient (Wildman–Crippen LogP) is 4.09. The number of rotatable bonds is 4. The number of likely N-dealkylation sites (tertiary alicyclic amines) is 1. The number of nitrogens with zero attached hydrogens (tertiary/aromatic N) is 3. The van der Waals surface area contributed by atoms with Crippen molar-refractivity contribution in [3.8, 4) is 11.5 Å². The molecule has 7 nitrogen and oxygen atoms in total. The molecule has 1 aromatic heterocycles. The van der Waals surface area contributed by atoms with Crippen molar-refractivity contribution in [2.75, 3.05) is 46.9 Å². The highest BCUT2D eigenvalue weighted by Crippen LogP contribution is 2.67. The van der Waals surface area contributed by atoms with Gasteiger partial charge in [-0.2, -0.15) is 0 Å². The van der Waals surface area contributed by atoms with E-state index in [9.17, 15) is 4.79 Å². The quantitative estimate of drug-likeness (QED) is 0.542. The molecule has 0 radical (unpaired) electrons. The number of carbonyl (C=O) groups excluding carboxylic acids is 1. The molecule has 2 bridgehead atoms. The van der Waals surface area contributed by atoms with Gasteiger partial charge in [0.2, 0.25) is 0 Å². The Kier molecular flexibility index (Phi) is 5.42. The molecule has 1 unspecified atom stereocenters. The molecule has 208 valence electrons. The van der Waals surface area contributed by atoms with Crippen LogP contribution in [0.2, 0.25) is 0 Å². The van der Waals surface area contributed by atoms with E-state index in [1.54, 1.807) is 7.11 Å². The molecule has 1 spiro atoms. The summed E-state index contributed by atoms with van der Waals surface area (Å²) in [5, 5.41) is 0. The molecule has 7 heteroatoms. The highest BCUT2D eigenvalue weighted by Gasteiger charge is 2.65. The van der Waals surface area contributed by atoms with Crippen LogP contribution in [-0.2, 0) is 24.8 Å². The first-order valence-corrected chi connectivity index (χ1v) is 14.8. The highest BCUT2D eigenvalue weighted by atomic mass is 16.5. The first kappa shape index (κ1) is 24.5. The molecule has 5 aliphatic rings. The van der Waals surface area contributed by atoms with Gasteiger partial charge >= 0.3 is 0 Å². The van der Waals surface area contributed by atoms with Crippen LogP contribution in [-0.4, -0.2) is 78.5 Å². The number of nitrogens with one attached hydrogen (secondary N) is 1. The smallest absolute Gasteiger partial charge is 0.270 e. The summed E-state index contributed by atoms with van der Waals surface area (Å²) < 4.78 is 12.7. The van der Waals surface area contributed by atoms with Crippen LogP contribution < -0.4 is 9.47 Å². The van der Waals surface area contributed by atoms with Crippen molar-refractivity contribution in [1.82, 2.24) is 19.7 Å². The van der Waals surface area contributed by atoms with Crippen LogP contribution in [0.15, 0.2) is 42.5 Å². The number of H-pyrrole nitrogens is 1. The van der Waals surface area contributed by atoms with Crippen LogP contribution in [0.3, 0.4) is 0 Å². The van der Waals surface area contributed by atoms with E-state index in [0.717, 1.165) is 87.0 Å². The summed E-state index contributed by atoms with van der Waals surface area (Å²) in [6, 6.07) is 15.4. The predicted molar refractivity (Wildman–Crippen MR) is 153 cm³/mol. The van der Waals surface area contributed by atoms with E-state index in [2.05, 4.69) is 71.2 Å². The topological polar surface area (TPSA) is 61.0 Å². The van der Waals surface area contributed by atoms with Gasteiger partial charge in [0.25, 0.3) is 5.91 Å². The van der Waals surface area contributed by atoms with Gasteiger partial charge in [-0.3, -0.25) is 9.69 Å². The van der Waals surface area contributed by atoms with Crippen molar-refractivity contribution in [2.45, 2.75) is 50.3 Å². The van der Waals surface area contributed by atoms with Gasteiger partial charge in [0, 0.05) is 49.7 Å². The second-order valence-corrected chi connectivity index (χ2v) is 12.6. The average Bonchev–Trinajstić information content (AvgIpc) is 3.50. The van der Waals surface area contributed by atoms with Crippen molar-refractivity contribution < 1.29 is 14.3 Å². The summed E-state index contributed by atoms with van der Waals surface area (Å²) in [6.45, 7) is 7.42. The average molecular weight is 539 g/mol. The fraction of sp³-hybridized carbons (Fsp3) is 0.485. The molecule has 0 saturated carbocycles. The largest absolute Gasteiger partial charge is 0.493 e. The molecule has 1 amide bonds. The molecule has 2 aromatic carbocycles. The standard InChI is InChI=1S/C33H38N4O3/c1-20-23-18-24-25-17-22-9-10-26(39-3)30-27(22)33(24,11-12-35(25)2)31(40-30)29(23)34-28(20)32(38)37-15-13-36(14-16-37)19-21-7-5-4-6-8-21/h4-10,24-25,31,34H,11-19H2,1-3H3/t24?,25-,31-,33-/m0/s1. The molecular weight excluding hydrogens is 500 g/mol. The van der Waals surface area contributed by atoms with E-state index in [0.29, 0.717) is 12.0 Å². The molecule has 1 N–H and O–H groups in total. The number of benzene rings is 2. The minimum atomic E-state index is -0.106. The van der Waals surface area contributed by atoms with Crippen LogP contribution in [0, 0.1) is 12.8 Å². The van der Waals surface area contributed by atoms with Gasteiger partial charge in [-0.05, 0) is 74.0 Å². The Bertz CT molecular complexity index is 1490. The Morgan fingerprint density at radius 2 is 1.88 bits per heavy atom. The Morgan fingerprint density at radius 1 is 1.07 bits per heavy atom. The molecule has 8 rings (SSSR count). The third-order valence-electron chi connectivity index (χ3n) is 10.8. The van der Waals surface area contributed by atoms with E-state index in [1.165, 1.54) is 22.3 Å². The maximum absolute atomic E-state index is 14.0. The Morgan fingerprint density at radius 3 is 2.65 bits per heavy atom. The number of likely N-dealkylation sites (N-methyl/N-ethyl adjacent to an activating group) is 1. The number of ether oxygens (including phenoxy) is 2. The van der Waals surface area contributed by atoms with Crippen LogP contribution in [0.25, 0.3) is 0 Å². The number of amides is 1. The molecule has 3 aliphatic heterocycles. The van der Waals surface area contributed by atoms with E-state index in [4.69, 9.17) is 9.47 Å². The molecule has 2 saturated heterocycles. The van der Waals surface area contributed by atoms with E-state index in [-0.39, 0.29) is 17.4 Å². The third-order valence-corrected chi connectivity index (χ3v) is 10.8. The second-order valence-electron chi connectivity index (χ2n) is 12.6. The first-order chi connectivity index (χ1) is 19.5. The lowest BCUT2D eigenvalue weighted by Crippen LogP contribution is -2.62. The van der Waals surface area contributed by atoms with Crippen molar-refractivity contribution in [2.24, 2.45) is 5.92 Å². The first-order valence-electron chi connectivity index (χ1n) is 14.8. The van der Waals surface area contributed by atoms with Gasteiger partial charge in [-0.15, -0.1) is 0 Å². The SMILES string of the molecule is COc1ccc2c3c1O[C@H]1c4[nH]c(C(=O)N5CCN(Cc6ccccc6)CC5)c(C)c4CC4[C@H](C2)N(C)CC[C@@]341. The number of piperazine rings is 1. The van der Waals surface area contributed by atoms with Gasteiger partial charge in [0.15, 0.2) is 11.5 Å². The van der Waals surface area contributed by atoms with E-state index in [1.807, 2.05) is 4.90 Å². The Hall–Kier alpha value is -3.29. The lowest BCUT2D eigenvalue weighted by molar-refractivity contribution is -0.0256. The van der Waals surface area contributed by atoms with Crippen LogP contribution in [0.1, 0.15) is 56.5 Å². The maximum Gasteiger partial charge on any atom is 0.270 e. The Labute approximate surface area is 236 Å². The zero-order chi connectivity index (χ0) is 27.2. The van der Waals surface area contributed by atoms with Gasteiger partial charge in [0.05, 0.1) is 12.8 Å². The lowest BCUT2D eigenvalue weighted by Gasteiger charge is -2.57. The minimum Gasteiger partial charge on any atom is -0.493 e. The van der Waals surface area contributed by atoms with Crippen LogP contribution in [0.5, 0.6) is 11.5 Å². The maximum atomic E-state index is 14.0. The number of piperidine rings is 1. The fourth-order valence-electron chi connectivity index (χ4n) is 8.76. The molecule has 2 fully saturated rings. The summed E-state index contributed by atoms with van der Waals surface area (Å²) in [5.74, 6) is 2.35. The summed E-state index contributed by atoms with van der Waals surface area (Å²) in [7, 11) is 4.02. The zero-order valence-corrected chi connectivity index (χ0v) is 23.7. The molecule has 2 aliphatic carbocycles. The summed E-state index contributed by atoms with van der Waals surface area (Å²) in [5.41, 5.74) is 8.33. The molecule has 4 heterocycles. The van der Waals surface area contributed by atoms with Gasteiger partial charge in [-0.1, -0.05) is 36.4 Å². The minimum absolute atomic E-state index is 0.0672. The normalized spacial score (nSPS) is 28.6. The summed E-state index contributed by atoms with van der Waals surface area (Å²) >= 11 is 0. The van der Waals surface area contributed by atoms with Crippen LogP contribution >= 0.6 is 0 Å². The van der Waals surface area contributed by atoms with Crippen LogP contribution in [0.4, 0.5) is 0 Å². The third kappa shape index (κ3) is 3.28. The number of aromatic amines is 1. The zero-order valence-electron chi connectivity index (χ0n) is 23.7. The molecule has 4 atom stereocenters. The van der Waals surface area contributed by atoms with Crippen molar-refractivity contribution in [1.29, 1.82) is 0 Å². The summed E-state index contributed by atoms with van der Waals surface area (Å²) in [6.07, 6.45) is 2.99. The van der Waals surface area contributed by atoms with Gasteiger partial charge < -0.3 is 24.3 Å². The van der Waals surface area contributed by atoms with Crippen molar-refractivity contribution >= 4 is 5.91 Å². The number of fused-ring (bicyclic) bond motifs is 2. The number of aromatic nitrogens is 1. The number of carbonyl (C=O) groups is 1. The lowest BCUT2D eigenvalue weighted by atomic mass is 9.51.